The van der Waals surface area contributed by atoms with Gasteiger partial charge in [-0.2, -0.15) is 0 Å². The fourth-order valence-corrected chi connectivity index (χ4v) is 2.71. The van der Waals surface area contributed by atoms with Crippen LogP contribution in [-0.2, 0) is 4.79 Å². The van der Waals surface area contributed by atoms with Crippen molar-refractivity contribution < 1.29 is 13.9 Å². The van der Waals surface area contributed by atoms with Gasteiger partial charge in [-0.05, 0) is 30.5 Å². The lowest BCUT2D eigenvalue weighted by molar-refractivity contribution is -0.108. The van der Waals surface area contributed by atoms with Crippen LogP contribution in [-0.4, -0.2) is 12.5 Å². The van der Waals surface area contributed by atoms with Crippen LogP contribution in [0.5, 0.6) is 5.75 Å². The number of thioether (sulfide) groups is 1. The van der Waals surface area contributed by atoms with E-state index in [0.29, 0.717) is 17.1 Å². The Morgan fingerprint density at radius 2 is 1.95 bits per heavy atom. The second-order valence-electron chi connectivity index (χ2n) is 4.71. The van der Waals surface area contributed by atoms with E-state index < -0.39 is 5.92 Å². The van der Waals surface area contributed by atoms with E-state index in [0.717, 1.165) is 16.7 Å². The molecule has 21 heavy (non-hydrogen) atoms. The summed E-state index contributed by atoms with van der Waals surface area (Å²) in [5.41, 5.74) is 1.56. The van der Waals surface area contributed by atoms with Crippen molar-refractivity contribution in [1.82, 2.24) is 0 Å². The van der Waals surface area contributed by atoms with Crippen molar-refractivity contribution in [3.63, 3.8) is 0 Å². The van der Waals surface area contributed by atoms with Crippen LogP contribution < -0.4 is 4.74 Å². The molecule has 1 heterocycles. The molecule has 1 aliphatic rings. The minimum absolute atomic E-state index is 0.377. The monoisotopic (exact) mass is 300 g/mol. The predicted molar refractivity (Wildman–Crippen MR) is 82.0 cm³/mol. The quantitative estimate of drug-likeness (QED) is 0.625. The summed E-state index contributed by atoms with van der Waals surface area (Å²) in [6, 6.07) is 12.1. The zero-order chi connectivity index (χ0) is 14.8. The number of aldehydes is 1. The summed E-state index contributed by atoms with van der Waals surface area (Å²) in [5, 5.41) is 0. The van der Waals surface area contributed by atoms with E-state index in [9.17, 15) is 9.18 Å². The molecular formula is C17H13FO2S. The third-order valence-electron chi connectivity index (χ3n) is 3.41. The molecule has 0 aliphatic carbocycles. The molecule has 0 N–H and O–H groups in total. The number of hydrogen-bond donors (Lipinski definition) is 0. The van der Waals surface area contributed by atoms with Crippen molar-refractivity contribution in [1.29, 1.82) is 0 Å². The van der Waals surface area contributed by atoms with Gasteiger partial charge < -0.3 is 9.53 Å². The third kappa shape index (κ3) is 2.72. The normalized spacial score (nSPS) is 16.7. The van der Waals surface area contributed by atoms with E-state index in [1.54, 1.807) is 23.9 Å². The lowest BCUT2D eigenvalue weighted by atomic mass is 9.95. The van der Waals surface area contributed by atoms with E-state index in [4.69, 9.17) is 4.74 Å². The summed E-state index contributed by atoms with van der Waals surface area (Å²) in [7, 11) is 0. The summed E-state index contributed by atoms with van der Waals surface area (Å²) in [5.74, 6) is 0.193. The zero-order valence-electron chi connectivity index (χ0n) is 11.4. The predicted octanol–water partition coefficient (Wildman–Crippen LogP) is 4.26. The molecule has 1 unspecified atom stereocenters. The number of carbonyl (C=O) groups excluding carboxylic acids is 1. The second kappa shape index (κ2) is 5.74. The van der Waals surface area contributed by atoms with Gasteiger partial charge in [-0.15, -0.1) is 11.8 Å². The highest BCUT2D eigenvalue weighted by atomic mass is 32.2. The van der Waals surface area contributed by atoms with Crippen LogP contribution in [0.4, 0.5) is 4.39 Å². The van der Waals surface area contributed by atoms with E-state index >= 15 is 0 Å². The molecule has 2 nitrogen and oxygen atoms in total. The van der Waals surface area contributed by atoms with Crippen molar-refractivity contribution in [2.75, 3.05) is 6.26 Å². The van der Waals surface area contributed by atoms with Crippen LogP contribution in [0.1, 0.15) is 17.0 Å². The first kappa shape index (κ1) is 13.9. The number of rotatable bonds is 3. The molecule has 1 atom stereocenters. The number of allylic oxidation sites excluding steroid dienone is 1. The molecule has 106 valence electrons. The molecular weight excluding hydrogens is 287 g/mol. The zero-order valence-corrected chi connectivity index (χ0v) is 12.2. The third-order valence-corrected chi connectivity index (χ3v) is 4.15. The lowest BCUT2D eigenvalue weighted by Gasteiger charge is -2.22. The fourth-order valence-electron chi connectivity index (χ4n) is 2.30. The fraction of sp³-hybridized carbons (Fsp3) is 0.118. The summed E-state index contributed by atoms with van der Waals surface area (Å²) in [6.45, 7) is 0. The van der Waals surface area contributed by atoms with E-state index in [1.807, 2.05) is 30.5 Å². The molecule has 3 rings (SSSR count). The Morgan fingerprint density at radius 3 is 2.62 bits per heavy atom. The lowest BCUT2D eigenvalue weighted by Crippen LogP contribution is -2.10. The highest BCUT2D eigenvalue weighted by Crippen LogP contribution is 2.37. The van der Waals surface area contributed by atoms with Crippen LogP contribution in [0.15, 0.2) is 53.4 Å². The number of halogens is 1. The standard InChI is InChI=1S/C17H13FO2S/c1-21-14-5-2-11(3-6-14)16-8-12(10-19)15-7-4-13(18)9-17(15)20-16/h2-10,12H,1H3. The van der Waals surface area contributed by atoms with Crippen molar-refractivity contribution in [2.45, 2.75) is 10.8 Å². The minimum Gasteiger partial charge on any atom is -0.457 e. The maximum atomic E-state index is 13.4. The van der Waals surface area contributed by atoms with Crippen molar-refractivity contribution in [2.24, 2.45) is 0 Å². The Kier molecular flexibility index (Phi) is 3.80. The van der Waals surface area contributed by atoms with Gasteiger partial charge in [0.2, 0.25) is 0 Å². The smallest absolute Gasteiger partial charge is 0.134 e. The average Bonchev–Trinajstić information content (AvgIpc) is 2.53. The first-order valence-corrected chi connectivity index (χ1v) is 7.72. The summed E-state index contributed by atoms with van der Waals surface area (Å²) < 4.78 is 19.1. The largest absolute Gasteiger partial charge is 0.457 e. The number of benzene rings is 2. The average molecular weight is 300 g/mol. The van der Waals surface area contributed by atoms with Crippen molar-refractivity contribution >= 4 is 23.8 Å². The second-order valence-corrected chi connectivity index (χ2v) is 5.59. The maximum absolute atomic E-state index is 13.4. The van der Waals surface area contributed by atoms with E-state index in [1.165, 1.54) is 12.1 Å². The van der Waals surface area contributed by atoms with Crippen LogP contribution >= 0.6 is 11.8 Å². The molecule has 0 saturated carbocycles. The van der Waals surface area contributed by atoms with E-state index in [-0.39, 0.29) is 5.82 Å². The number of carbonyl (C=O) groups is 1. The van der Waals surface area contributed by atoms with Gasteiger partial charge in [0, 0.05) is 22.1 Å². The van der Waals surface area contributed by atoms with Crippen LogP contribution in [0.25, 0.3) is 5.76 Å². The molecule has 0 fully saturated rings. The van der Waals surface area contributed by atoms with Crippen molar-refractivity contribution in [3.05, 3.63) is 65.5 Å². The Morgan fingerprint density at radius 1 is 1.19 bits per heavy atom. The highest BCUT2D eigenvalue weighted by molar-refractivity contribution is 7.98. The number of fused-ring (bicyclic) bond motifs is 1. The molecule has 0 aromatic heterocycles. The molecule has 2 aromatic rings. The van der Waals surface area contributed by atoms with Gasteiger partial charge in [0.25, 0.3) is 0 Å². The number of ether oxygens (including phenoxy) is 1. The van der Waals surface area contributed by atoms with Gasteiger partial charge in [0.1, 0.15) is 23.6 Å². The van der Waals surface area contributed by atoms with Gasteiger partial charge in [-0.25, -0.2) is 4.39 Å². The minimum atomic E-state index is -0.412. The van der Waals surface area contributed by atoms with Crippen LogP contribution in [0.3, 0.4) is 0 Å². The molecule has 4 heteroatoms. The van der Waals surface area contributed by atoms with Crippen molar-refractivity contribution in [3.8, 4) is 5.75 Å². The van der Waals surface area contributed by atoms with Crippen LogP contribution in [0.2, 0.25) is 0 Å². The Hall–Kier alpha value is -2.07. The van der Waals surface area contributed by atoms with E-state index in [2.05, 4.69) is 0 Å². The molecule has 0 spiro atoms. The number of hydrogen-bond acceptors (Lipinski definition) is 3. The first-order chi connectivity index (χ1) is 10.2. The van der Waals surface area contributed by atoms with Gasteiger partial charge in [-0.1, -0.05) is 18.2 Å². The van der Waals surface area contributed by atoms with Crippen LogP contribution in [0, 0.1) is 5.82 Å². The Bertz CT molecular complexity index is 707. The molecule has 2 aromatic carbocycles. The Labute approximate surface area is 126 Å². The van der Waals surface area contributed by atoms with Gasteiger partial charge in [-0.3, -0.25) is 0 Å². The molecule has 0 amide bonds. The first-order valence-electron chi connectivity index (χ1n) is 6.50. The highest BCUT2D eigenvalue weighted by Gasteiger charge is 2.22. The van der Waals surface area contributed by atoms with Gasteiger partial charge in [0.15, 0.2) is 0 Å². The molecule has 0 radical (unpaired) electrons. The summed E-state index contributed by atoms with van der Waals surface area (Å²) in [4.78, 5) is 12.4. The topological polar surface area (TPSA) is 26.3 Å². The van der Waals surface area contributed by atoms with Gasteiger partial charge >= 0.3 is 0 Å². The summed E-state index contributed by atoms with van der Waals surface area (Å²) >= 11 is 1.65. The molecule has 0 bridgehead atoms. The SMILES string of the molecule is CSc1ccc(C2=CC(C=O)c3ccc(F)cc3O2)cc1. The molecule has 0 saturated heterocycles. The maximum Gasteiger partial charge on any atom is 0.134 e. The Balaban J connectivity index is 2.00. The summed E-state index contributed by atoms with van der Waals surface area (Å²) in [6.07, 6.45) is 4.61. The molecule has 1 aliphatic heterocycles. The van der Waals surface area contributed by atoms with Gasteiger partial charge in [0.05, 0.1) is 5.92 Å².